The second-order valence-corrected chi connectivity index (χ2v) is 4.25. The van der Waals surface area contributed by atoms with E-state index >= 15 is 0 Å². The number of hydrogen-bond acceptors (Lipinski definition) is 3. The highest BCUT2D eigenvalue weighted by Gasteiger charge is 2.34. The van der Waals surface area contributed by atoms with Crippen LogP contribution in [-0.2, 0) is 9.53 Å². The van der Waals surface area contributed by atoms with Gasteiger partial charge in [0.1, 0.15) is 5.54 Å². The first-order chi connectivity index (χ1) is 7.72. The number of nitrogens with zero attached hydrogens (tertiary/aromatic N) is 1. The number of nitriles is 1. The molecule has 1 fully saturated rings. The van der Waals surface area contributed by atoms with E-state index in [0.29, 0.717) is 19.6 Å². The molecule has 0 saturated heterocycles. The Labute approximate surface area is 97.0 Å². The third-order valence-electron chi connectivity index (χ3n) is 2.95. The minimum Gasteiger partial charge on any atom is -0.382 e. The van der Waals surface area contributed by atoms with Gasteiger partial charge in [0.15, 0.2) is 0 Å². The van der Waals surface area contributed by atoms with Crippen LogP contribution in [0.15, 0.2) is 0 Å². The Kier molecular flexibility index (Phi) is 5.27. The predicted molar refractivity (Wildman–Crippen MR) is 60.7 cm³/mol. The Bertz CT molecular complexity index is 265. The molecule has 90 valence electrons. The van der Waals surface area contributed by atoms with Gasteiger partial charge < -0.3 is 10.1 Å². The van der Waals surface area contributed by atoms with Gasteiger partial charge in [0.25, 0.3) is 0 Å². The van der Waals surface area contributed by atoms with E-state index in [9.17, 15) is 4.79 Å². The van der Waals surface area contributed by atoms with Crippen LogP contribution in [0.25, 0.3) is 0 Å². The molecule has 1 amide bonds. The topological polar surface area (TPSA) is 62.1 Å². The average Bonchev–Trinajstić information content (AvgIpc) is 2.74. The number of hydrogen-bond donors (Lipinski definition) is 1. The van der Waals surface area contributed by atoms with Crippen LogP contribution < -0.4 is 5.32 Å². The van der Waals surface area contributed by atoms with Crippen LogP contribution in [-0.4, -0.2) is 24.7 Å². The zero-order valence-electron chi connectivity index (χ0n) is 9.92. The summed E-state index contributed by atoms with van der Waals surface area (Å²) in [6.07, 6.45) is 4.82. The first-order valence-electron chi connectivity index (χ1n) is 6.02. The number of rotatable bonds is 6. The molecule has 1 saturated carbocycles. The summed E-state index contributed by atoms with van der Waals surface area (Å²) >= 11 is 0. The molecule has 0 atom stereocenters. The van der Waals surface area contributed by atoms with Crippen LogP contribution in [0, 0.1) is 11.3 Å². The van der Waals surface area contributed by atoms with Crippen LogP contribution in [0.1, 0.15) is 45.4 Å². The second-order valence-electron chi connectivity index (χ2n) is 4.25. The van der Waals surface area contributed by atoms with Crippen LogP contribution >= 0.6 is 0 Å². The second kappa shape index (κ2) is 6.49. The lowest BCUT2D eigenvalue weighted by molar-refractivity contribution is -0.122. The minimum absolute atomic E-state index is 0.0249. The van der Waals surface area contributed by atoms with E-state index < -0.39 is 5.54 Å². The molecule has 4 nitrogen and oxygen atoms in total. The SMILES string of the molecule is CCOCCCC(=O)NC1(C#N)CCCC1. The Morgan fingerprint density at radius 3 is 2.75 bits per heavy atom. The Morgan fingerprint density at radius 2 is 2.19 bits per heavy atom. The zero-order chi connectivity index (χ0) is 11.9. The molecule has 1 aliphatic carbocycles. The van der Waals surface area contributed by atoms with Crippen molar-refractivity contribution in [3.8, 4) is 6.07 Å². The highest BCUT2D eigenvalue weighted by atomic mass is 16.5. The number of ether oxygens (including phenoxy) is 1. The van der Waals surface area contributed by atoms with Crippen molar-refractivity contribution < 1.29 is 9.53 Å². The van der Waals surface area contributed by atoms with Crippen LogP contribution in [0.4, 0.5) is 0 Å². The van der Waals surface area contributed by atoms with Crippen molar-refractivity contribution in [1.29, 1.82) is 5.26 Å². The summed E-state index contributed by atoms with van der Waals surface area (Å²) < 4.78 is 5.16. The van der Waals surface area contributed by atoms with Gasteiger partial charge in [-0.2, -0.15) is 5.26 Å². The molecular weight excluding hydrogens is 204 g/mol. The Hall–Kier alpha value is -1.08. The highest BCUT2D eigenvalue weighted by molar-refractivity contribution is 5.77. The summed E-state index contributed by atoms with van der Waals surface area (Å²) in [6.45, 7) is 3.23. The maximum atomic E-state index is 11.6. The fourth-order valence-corrected chi connectivity index (χ4v) is 2.05. The Morgan fingerprint density at radius 1 is 1.50 bits per heavy atom. The summed E-state index contributed by atoms with van der Waals surface area (Å²) in [5.41, 5.74) is -0.581. The molecule has 0 aromatic carbocycles. The maximum Gasteiger partial charge on any atom is 0.221 e. The standard InChI is InChI=1S/C12H20N2O2/c1-2-16-9-5-6-11(15)14-12(10-13)7-3-4-8-12/h2-9H2,1H3,(H,14,15). The van der Waals surface area contributed by atoms with Crippen molar-refractivity contribution in [1.82, 2.24) is 5.32 Å². The monoisotopic (exact) mass is 224 g/mol. The van der Waals surface area contributed by atoms with Crippen LogP contribution in [0.2, 0.25) is 0 Å². The predicted octanol–water partition coefficient (Wildman–Crippen LogP) is 1.76. The molecule has 0 unspecified atom stereocenters. The molecule has 1 aliphatic rings. The molecule has 0 aromatic heterocycles. The largest absolute Gasteiger partial charge is 0.382 e. The molecule has 0 heterocycles. The summed E-state index contributed by atoms with van der Waals surface area (Å²) in [7, 11) is 0. The van der Waals surface area contributed by atoms with Gasteiger partial charge in [0, 0.05) is 19.6 Å². The van der Waals surface area contributed by atoms with Crippen LogP contribution in [0.5, 0.6) is 0 Å². The quantitative estimate of drug-likeness (QED) is 0.699. The summed E-state index contributed by atoms with van der Waals surface area (Å²) in [4.78, 5) is 11.6. The van der Waals surface area contributed by atoms with Gasteiger partial charge in [-0.1, -0.05) is 0 Å². The third-order valence-corrected chi connectivity index (χ3v) is 2.95. The van der Waals surface area contributed by atoms with E-state index in [4.69, 9.17) is 10.00 Å². The molecule has 0 bridgehead atoms. The van der Waals surface area contributed by atoms with Crippen molar-refractivity contribution in [2.75, 3.05) is 13.2 Å². The highest BCUT2D eigenvalue weighted by Crippen LogP contribution is 2.28. The van der Waals surface area contributed by atoms with E-state index in [0.717, 1.165) is 32.1 Å². The van der Waals surface area contributed by atoms with Crippen molar-refractivity contribution in [2.24, 2.45) is 0 Å². The first-order valence-corrected chi connectivity index (χ1v) is 6.02. The number of nitrogens with one attached hydrogen (secondary N) is 1. The van der Waals surface area contributed by atoms with Gasteiger partial charge in [-0.3, -0.25) is 4.79 Å². The molecule has 0 spiro atoms. The van der Waals surface area contributed by atoms with Crippen LogP contribution in [0.3, 0.4) is 0 Å². The normalized spacial score (nSPS) is 18.0. The van der Waals surface area contributed by atoms with Gasteiger partial charge >= 0.3 is 0 Å². The lowest BCUT2D eigenvalue weighted by atomic mass is 9.99. The van der Waals surface area contributed by atoms with E-state index in [1.807, 2.05) is 6.92 Å². The van der Waals surface area contributed by atoms with Gasteiger partial charge in [0.2, 0.25) is 5.91 Å². The van der Waals surface area contributed by atoms with E-state index in [-0.39, 0.29) is 5.91 Å². The molecular formula is C12H20N2O2. The maximum absolute atomic E-state index is 11.6. The molecule has 16 heavy (non-hydrogen) atoms. The molecule has 0 aromatic rings. The first kappa shape index (κ1) is 13.0. The summed E-state index contributed by atoms with van der Waals surface area (Å²) in [5, 5.41) is 11.9. The molecule has 0 aliphatic heterocycles. The van der Waals surface area contributed by atoms with Gasteiger partial charge in [0.05, 0.1) is 6.07 Å². The minimum atomic E-state index is -0.581. The van der Waals surface area contributed by atoms with Gasteiger partial charge in [-0.25, -0.2) is 0 Å². The van der Waals surface area contributed by atoms with Gasteiger partial charge in [-0.05, 0) is 39.0 Å². The van der Waals surface area contributed by atoms with Crippen molar-refractivity contribution in [2.45, 2.75) is 51.0 Å². The summed E-state index contributed by atoms with van der Waals surface area (Å²) in [6, 6.07) is 2.25. The number of carbonyl (C=O) groups excluding carboxylic acids is 1. The third kappa shape index (κ3) is 3.82. The average molecular weight is 224 g/mol. The molecule has 4 heteroatoms. The van der Waals surface area contributed by atoms with Crippen molar-refractivity contribution in [3.05, 3.63) is 0 Å². The molecule has 1 N–H and O–H groups in total. The number of carbonyl (C=O) groups is 1. The summed E-state index contributed by atoms with van der Waals surface area (Å²) in [5.74, 6) is -0.0249. The Balaban J connectivity index is 2.25. The van der Waals surface area contributed by atoms with Crippen molar-refractivity contribution in [3.63, 3.8) is 0 Å². The molecule has 1 rings (SSSR count). The lowest BCUT2D eigenvalue weighted by Crippen LogP contribution is -2.45. The van der Waals surface area contributed by atoms with Crippen molar-refractivity contribution >= 4 is 5.91 Å². The van der Waals surface area contributed by atoms with Gasteiger partial charge in [-0.15, -0.1) is 0 Å². The molecule has 0 radical (unpaired) electrons. The zero-order valence-corrected chi connectivity index (χ0v) is 9.92. The smallest absolute Gasteiger partial charge is 0.221 e. The fourth-order valence-electron chi connectivity index (χ4n) is 2.05. The van der Waals surface area contributed by atoms with E-state index in [1.54, 1.807) is 0 Å². The lowest BCUT2D eigenvalue weighted by Gasteiger charge is -2.21. The fraction of sp³-hybridized carbons (Fsp3) is 0.833. The van der Waals surface area contributed by atoms with E-state index in [1.165, 1.54) is 0 Å². The van der Waals surface area contributed by atoms with E-state index in [2.05, 4.69) is 11.4 Å². The number of amides is 1.